The summed E-state index contributed by atoms with van der Waals surface area (Å²) in [5.41, 5.74) is 5.96. The van der Waals surface area contributed by atoms with E-state index in [-0.39, 0.29) is 12.5 Å². The lowest BCUT2D eigenvalue weighted by atomic mass is 9.77. The Morgan fingerprint density at radius 2 is 2.05 bits per heavy atom. The van der Waals surface area contributed by atoms with Gasteiger partial charge in [-0.15, -0.1) is 0 Å². The molecule has 1 saturated heterocycles. The first-order valence-corrected chi connectivity index (χ1v) is 7.33. The van der Waals surface area contributed by atoms with Crippen molar-refractivity contribution in [2.45, 2.75) is 32.2 Å². The van der Waals surface area contributed by atoms with Crippen molar-refractivity contribution >= 4 is 11.9 Å². The lowest BCUT2D eigenvalue weighted by Crippen LogP contribution is -2.51. The zero-order valence-electron chi connectivity index (χ0n) is 12.3. The summed E-state index contributed by atoms with van der Waals surface area (Å²) in [6, 6.07) is 8.45. The maximum atomic E-state index is 12.5. The molecule has 0 bridgehead atoms. The number of amides is 1. The summed E-state index contributed by atoms with van der Waals surface area (Å²) in [4.78, 5) is 25.7. The van der Waals surface area contributed by atoms with Crippen molar-refractivity contribution in [2.75, 3.05) is 13.1 Å². The Balaban J connectivity index is 2.14. The Morgan fingerprint density at radius 1 is 1.38 bits per heavy atom. The lowest BCUT2D eigenvalue weighted by Gasteiger charge is -2.40. The number of carboxylic acids is 1. The normalized spacial score (nSPS) is 23.6. The average Bonchev–Trinajstić information content (AvgIpc) is 2.54. The second-order valence-corrected chi connectivity index (χ2v) is 5.69. The van der Waals surface area contributed by atoms with Gasteiger partial charge in [0.1, 0.15) is 6.04 Å². The van der Waals surface area contributed by atoms with E-state index in [2.05, 4.69) is 0 Å². The van der Waals surface area contributed by atoms with E-state index in [1.54, 1.807) is 4.90 Å². The summed E-state index contributed by atoms with van der Waals surface area (Å²) in [5.74, 6) is -1.02. The van der Waals surface area contributed by atoms with Crippen LogP contribution in [0.2, 0.25) is 0 Å². The van der Waals surface area contributed by atoms with Gasteiger partial charge in [0, 0.05) is 13.1 Å². The molecule has 0 aromatic heterocycles. The van der Waals surface area contributed by atoms with Crippen molar-refractivity contribution in [1.82, 2.24) is 4.90 Å². The number of likely N-dealkylation sites (tertiary alicyclic amines) is 1. The SMILES string of the molecule is CCC1(C(=O)O)CCCN(C(=O)[C@@H](N)c2ccccc2)C1. The minimum Gasteiger partial charge on any atom is -0.481 e. The molecular weight excluding hydrogens is 268 g/mol. The van der Waals surface area contributed by atoms with Crippen LogP contribution in [-0.4, -0.2) is 35.0 Å². The molecule has 1 unspecified atom stereocenters. The molecule has 0 aliphatic carbocycles. The van der Waals surface area contributed by atoms with Crippen LogP contribution in [0.5, 0.6) is 0 Å². The monoisotopic (exact) mass is 290 g/mol. The number of hydrogen-bond donors (Lipinski definition) is 2. The fraction of sp³-hybridized carbons (Fsp3) is 0.500. The highest BCUT2D eigenvalue weighted by atomic mass is 16.4. The molecule has 114 valence electrons. The number of carbonyl (C=O) groups is 2. The van der Waals surface area contributed by atoms with E-state index in [1.165, 1.54) is 0 Å². The van der Waals surface area contributed by atoms with Gasteiger partial charge in [0.15, 0.2) is 0 Å². The Kier molecular flexibility index (Phi) is 4.63. The van der Waals surface area contributed by atoms with Crippen molar-refractivity contribution in [1.29, 1.82) is 0 Å². The van der Waals surface area contributed by atoms with Crippen LogP contribution in [0.3, 0.4) is 0 Å². The molecule has 1 amide bonds. The molecular formula is C16H22N2O3. The molecule has 1 aromatic rings. The first-order valence-electron chi connectivity index (χ1n) is 7.33. The Hall–Kier alpha value is -1.88. The quantitative estimate of drug-likeness (QED) is 0.885. The highest BCUT2D eigenvalue weighted by Gasteiger charge is 2.42. The molecule has 5 heteroatoms. The maximum Gasteiger partial charge on any atom is 0.311 e. The van der Waals surface area contributed by atoms with E-state index in [9.17, 15) is 14.7 Å². The summed E-state index contributed by atoms with van der Waals surface area (Å²) in [6.45, 7) is 2.69. The molecule has 1 fully saturated rings. The fourth-order valence-corrected chi connectivity index (χ4v) is 2.93. The molecule has 5 nitrogen and oxygen atoms in total. The van der Waals surface area contributed by atoms with Crippen LogP contribution in [0, 0.1) is 5.41 Å². The van der Waals surface area contributed by atoms with Crippen molar-refractivity contribution in [3.63, 3.8) is 0 Å². The molecule has 2 rings (SSSR count). The van der Waals surface area contributed by atoms with Gasteiger partial charge in [-0.05, 0) is 24.8 Å². The number of aliphatic carboxylic acids is 1. The molecule has 0 saturated carbocycles. The molecule has 0 radical (unpaired) electrons. The van der Waals surface area contributed by atoms with Crippen LogP contribution < -0.4 is 5.73 Å². The number of nitrogens with zero attached hydrogens (tertiary/aromatic N) is 1. The smallest absolute Gasteiger partial charge is 0.311 e. The number of nitrogens with two attached hydrogens (primary N) is 1. The van der Waals surface area contributed by atoms with E-state index in [0.29, 0.717) is 25.8 Å². The second kappa shape index (κ2) is 6.26. The van der Waals surface area contributed by atoms with Crippen LogP contribution in [0.1, 0.15) is 37.8 Å². The molecule has 21 heavy (non-hydrogen) atoms. The minimum atomic E-state index is -0.829. The summed E-state index contributed by atoms with van der Waals surface area (Å²) in [5, 5.41) is 9.47. The van der Waals surface area contributed by atoms with Gasteiger partial charge in [-0.2, -0.15) is 0 Å². The van der Waals surface area contributed by atoms with E-state index < -0.39 is 17.4 Å². The standard InChI is InChI=1S/C16H22N2O3/c1-2-16(15(20)21)9-6-10-18(11-16)14(19)13(17)12-7-4-3-5-8-12/h3-5,7-8,13H,2,6,9-11,17H2,1H3,(H,20,21)/t13-,16?/m0/s1. The number of hydrogen-bond acceptors (Lipinski definition) is 3. The third kappa shape index (κ3) is 3.08. The first kappa shape index (κ1) is 15.5. The Bertz CT molecular complexity index is 518. The Morgan fingerprint density at radius 3 is 2.62 bits per heavy atom. The molecule has 1 aromatic carbocycles. The molecule has 2 atom stereocenters. The molecule has 1 aliphatic rings. The number of rotatable bonds is 4. The predicted octanol–water partition coefficient (Wildman–Crippen LogP) is 1.79. The molecule has 1 heterocycles. The maximum absolute atomic E-state index is 12.5. The number of benzene rings is 1. The number of carboxylic acid groups (broad SMARTS) is 1. The average molecular weight is 290 g/mol. The zero-order valence-corrected chi connectivity index (χ0v) is 12.3. The van der Waals surface area contributed by atoms with Crippen molar-refractivity contribution in [3.05, 3.63) is 35.9 Å². The third-order valence-corrected chi connectivity index (χ3v) is 4.44. The van der Waals surface area contributed by atoms with Gasteiger partial charge >= 0.3 is 5.97 Å². The van der Waals surface area contributed by atoms with Gasteiger partial charge in [-0.3, -0.25) is 9.59 Å². The van der Waals surface area contributed by atoms with E-state index in [4.69, 9.17) is 5.73 Å². The van der Waals surface area contributed by atoms with Crippen LogP contribution in [-0.2, 0) is 9.59 Å². The first-order chi connectivity index (χ1) is 10.00. The lowest BCUT2D eigenvalue weighted by molar-refractivity contribution is -0.155. The van der Waals surface area contributed by atoms with E-state index >= 15 is 0 Å². The van der Waals surface area contributed by atoms with Crippen LogP contribution in [0.15, 0.2) is 30.3 Å². The van der Waals surface area contributed by atoms with E-state index in [0.717, 1.165) is 5.56 Å². The summed E-state index contributed by atoms with van der Waals surface area (Å²) in [6.07, 6.45) is 1.84. The van der Waals surface area contributed by atoms with Gasteiger partial charge in [0.05, 0.1) is 5.41 Å². The van der Waals surface area contributed by atoms with Crippen LogP contribution in [0.25, 0.3) is 0 Å². The van der Waals surface area contributed by atoms with Crippen molar-refractivity contribution in [3.8, 4) is 0 Å². The fourth-order valence-electron chi connectivity index (χ4n) is 2.93. The highest BCUT2D eigenvalue weighted by Crippen LogP contribution is 2.34. The summed E-state index contributed by atoms with van der Waals surface area (Å²) in [7, 11) is 0. The zero-order chi connectivity index (χ0) is 15.5. The Labute approximate surface area is 124 Å². The third-order valence-electron chi connectivity index (χ3n) is 4.44. The number of piperidine rings is 1. The van der Waals surface area contributed by atoms with Crippen molar-refractivity contribution < 1.29 is 14.7 Å². The largest absolute Gasteiger partial charge is 0.481 e. The molecule has 1 aliphatic heterocycles. The van der Waals surface area contributed by atoms with Crippen LogP contribution in [0.4, 0.5) is 0 Å². The topological polar surface area (TPSA) is 83.6 Å². The van der Waals surface area contributed by atoms with Crippen molar-refractivity contribution in [2.24, 2.45) is 11.1 Å². The van der Waals surface area contributed by atoms with Gasteiger partial charge in [0.2, 0.25) is 5.91 Å². The highest BCUT2D eigenvalue weighted by molar-refractivity contribution is 5.84. The minimum absolute atomic E-state index is 0.194. The summed E-state index contributed by atoms with van der Waals surface area (Å²) >= 11 is 0. The number of carbonyl (C=O) groups excluding carboxylic acids is 1. The predicted molar refractivity (Wildman–Crippen MR) is 79.5 cm³/mol. The molecule has 0 spiro atoms. The molecule has 3 N–H and O–H groups in total. The second-order valence-electron chi connectivity index (χ2n) is 5.69. The van der Waals surface area contributed by atoms with Gasteiger partial charge < -0.3 is 15.7 Å². The van der Waals surface area contributed by atoms with Gasteiger partial charge in [-0.25, -0.2) is 0 Å². The van der Waals surface area contributed by atoms with E-state index in [1.807, 2.05) is 37.3 Å². The van der Waals surface area contributed by atoms with Gasteiger partial charge in [-0.1, -0.05) is 37.3 Å². The van der Waals surface area contributed by atoms with Gasteiger partial charge in [0.25, 0.3) is 0 Å². The summed E-state index contributed by atoms with van der Waals surface area (Å²) < 4.78 is 0. The van der Waals surface area contributed by atoms with Crippen LogP contribution >= 0.6 is 0 Å².